The van der Waals surface area contributed by atoms with E-state index in [1.807, 2.05) is 0 Å². The molecule has 2 rings (SSSR count). The second kappa shape index (κ2) is 4.85. The SMILES string of the molecule is O=C(O)c1ccnc(-c2cc(C(=O)O)ccc2F)c1. The number of carboxylic acids is 2. The molecule has 0 fully saturated rings. The van der Waals surface area contributed by atoms with E-state index in [0.717, 1.165) is 18.2 Å². The number of aromatic carboxylic acids is 2. The fourth-order valence-electron chi connectivity index (χ4n) is 1.57. The smallest absolute Gasteiger partial charge is 0.335 e. The van der Waals surface area contributed by atoms with Crippen molar-refractivity contribution in [1.82, 2.24) is 4.98 Å². The number of hydrogen-bond acceptors (Lipinski definition) is 3. The van der Waals surface area contributed by atoms with Gasteiger partial charge in [-0.3, -0.25) is 4.98 Å². The Morgan fingerprint density at radius 2 is 1.63 bits per heavy atom. The maximum Gasteiger partial charge on any atom is 0.335 e. The summed E-state index contributed by atoms with van der Waals surface area (Å²) in [4.78, 5) is 25.5. The third-order valence-electron chi connectivity index (χ3n) is 2.50. The van der Waals surface area contributed by atoms with Crippen LogP contribution in [-0.2, 0) is 0 Å². The van der Waals surface area contributed by atoms with Crippen LogP contribution in [0.3, 0.4) is 0 Å². The predicted octanol–water partition coefficient (Wildman–Crippen LogP) is 2.28. The Hall–Kier alpha value is -2.76. The van der Waals surface area contributed by atoms with E-state index in [1.165, 1.54) is 18.3 Å². The van der Waals surface area contributed by atoms with Gasteiger partial charge in [0.15, 0.2) is 0 Å². The number of nitrogens with zero attached hydrogens (tertiary/aromatic N) is 1. The molecule has 0 radical (unpaired) electrons. The maximum atomic E-state index is 13.7. The first-order valence-corrected chi connectivity index (χ1v) is 5.21. The van der Waals surface area contributed by atoms with Gasteiger partial charge in [0.2, 0.25) is 0 Å². The summed E-state index contributed by atoms with van der Waals surface area (Å²) in [7, 11) is 0. The van der Waals surface area contributed by atoms with Gasteiger partial charge in [-0.2, -0.15) is 0 Å². The Balaban J connectivity index is 2.57. The van der Waals surface area contributed by atoms with E-state index in [-0.39, 0.29) is 22.4 Å². The molecule has 0 amide bonds. The Morgan fingerprint density at radius 3 is 2.26 bits per heavy atom. The minimum Gasteiger partial charge on any atom is -0.478 e. The second-order valence-corrected chi connectivity index (χ2v) is 3.73. The molecule has 1 aromatic carbocycles. The fourth-order valence-corrected chi connectivity index (χ4v) is 1.57. The highest BCUT2D eigenvalue weighted by Crippen LogP contribution is 2.23. The van der Waals surface area contributed by atoms with Gasteiger partial charge < -0.3 is 10.2 Å². The molecule has 0 spiro atoms. The van der Waals surface area contributed by atoms with E-state index in [0.29, 0.717) is 0 Å². The molecule has 6 heteroatoms. The number of hydrogen-bond donors (Lipinski definition) is 2. The van der Waals surface area contributed by atoms with Crippen molar-refractivity contribution in [3.8, 4) is 11.3 Å². The predicted molar refractivity (Wildman–Crippen MR) is 63.5 cm³/mol. The highest BCUT2D eigenvalue weighted by molar-refractivity contribution is 5.91. The van der Waals surface area contributed by atoms with Gasteiger partial charge >= 0.3 is 11.9 Å². The van der Waals surface area contributed by atoms with Crippen molar-refractivity contribution >= 4 is 11.9 Å². The van der Waals surface area contributed by atoms with Crippen LogP contribution >= 0.6 is 0 Å². The largest absolute Gasteiger partial charge is 0.478 e. The van der Waals surface area contributed by atoms with Crippen LogP contribution in [0.25, 0.3) is 11.3 Å². The monoisotopic (exact) mass is 261 g/mol. The first-order chi connectivity index (χ1) is 8.99. The van der Waals surface area contributed by atoms with Crippen molar-refractivity contribution in [2.45, 2.75) is 0 Å². The Morgan fingerprint density at radius 1 is 1.00 bits per heavy atom. The summed E-state index contributed by atoms with van der Waals surface area (Å²) in [6, 6.07) is 5.71. The zero-order valence-electron chi connectivity index (χ0n) is 9.50. The Labute approximate surface area is 107 Å². The number of aromatic nitrogens is 1. The lowest BCUT2D eigenvalue weighted by Gasteiger charge is -2.05. The molecular formula is C13H8FNO4. The summed E-state index contributed by atoms with van der Waals surface area (Å²) >= 11 is 0. The van der Waals surface area contributed by atoms with Crippen LogP contribution in [-0.4, -0.2) is 27.1 Å². The third kappa shape index (κ3) is 2.57. The molecule has 0 unspecified atom stereocenters. The molecule has 0 saturated carbocycles. The Bertz CT molecular complexity index is 669. The topological polar surface area (TPSA) is 87.5 Å². The maximum absolute atomic E-state index is 13.7. The third-order valence-corrected chi connectivity index (χ3v) is 2.50. The van der Waals surface area contributed by atoms with Crippen LogP contribution in [0.5, 0.6) is 0 Å². The normalized spacial score (nSPS) is 10.2. The van der Waals surface area contributed by atoms with Crippen LogP contribution < -0.4 is 0 Å². The summed E-state index contributed by atoms with van der Waals surface area (Å²) in [6.07, 6.45) is 1.23. The molecule has 96 valence electrons. The number of rotatable bonds is 3. The highest BCUT2D eigenvalue weighted by Gasteiger charge is 2.13. The molecule has 2 N–H and O–H groups in total. The molecule has 1 aromatic heterocycles. The van der Waals surface area contributed by atoms with E-state index in [4.69, 9.17) is 10.2 Å². The number of carbonyl (C=O) groups is 2. The van der Waals surface area contributed by atoms with Crippen molar-refractivity contribution in [2.75, 3.05) is 0 Å². The van der Waals surface area contributed by atoms with E-state index in [2.05, 4.69) is 4.98 Å². The molecular weight excluding hydrogens is 253 g/mol. The summed E-state index contributed by atoms with van der Waals surface area (Å²) in [5.74, 6) is -3.03. The standard InChI is InChI=1S/C13H8FNO4/c14-10-2-1-7(12(16)17)5-9(10)11-6-8(13(18)19)3-4-15-11/h1-6H,(H,16,17)(H,18,19). The highest BCUT2D eigenvalue weighted by atomic mass is 19.1. The average Bonchev–Trinajstić information content (AvgIpc) is 2.39. The van der Waals surface area contributed by atoms with Gasteiger partial charge in [-0.1, -0.05) is 0 Å². The molecule has 5 nitrogen and oxygen atoms in total. The minimum absolute atomic E-state index is 0.0508. The van der Waals surface area contributed by atoms with Gasteiger partial charge in [0.05, 0.1) is 16.8 Å². The molecule has 0 bridgehead atoms. The van der Waals surface area contributed by atoms with Crippen LogP contribution in [0.2, 0.25) is 0 Å². The van der Waals surface area contributed by atoms with Gasteiger partial charge in [0.1, 0.15) is 5.82 Å². The Kier molecular flexibility index (Phi) is 3.24. The minimum atomic E-state index is -1.20. The van der Waals surface area contributed by atoms with E-state index in [9.17, 15) is 14.0 Å². The molecule has 19 heavy (non-hydrogen) atoms. The van der Waals surface area contributed by atoms with Gasteiger partial charge in [-0.25, -0.2) is 14.0 Å². The van der Waals surface area contributed by atoms with E-state index in [1.54, 1.807) is 0 Å². The lowest BCUT2D eigenvalue weighted by Crippen LogP contribution is -2.00. The van der Waals surface area contributed by atoms with Crippen molar-refractivity contribution in [3.05, 3.63) is 53.5 Å². The molecule has 0 atom stereocenters. The van der Waals surface area contributed by atoms with Crippen molar-refractivity contribution < 1.29 is 24.2 Å². The summed E-state index contributed by atoms with van der Waals surface area (Å²) in [5.41, 5.74) is -0.132. The zero-order valence-corrected chi connectivity index (χ0v) is 9.50. The van der Waals surface area contributed by atoms with Crippen molar-refractivity contribution in [2.24, 2.45) is 0 Å². The van der Waals surface area contributed by atoms with Gasteiger partial charge in [0.25, 0.3) is 0 Å². The molecule has 1 heterocycles. The summed E-state index contributed by atoms with van der Waals surface area (Å²) in [5, 5.41) is 17.7. The lowest BCUT2D eigenvalue weighted by atomic mass is 10.1. The van der Waals surface area contributed by atoms with Crippen molar-refractivity contribution in [3.63, 3.8) is 0 Å². The first-order valence-electron chi connectivity index (χ1n) is 5.21. The number of benzene rings is 1. The number of halogens is 1. The van der Waals surface area contributed by atoms with Crippen LogP contribution in [0, 0.1) is 5.82 Å². The van der Waals surface area contributed by atoms with Gasteiger partial charge in [-0.05, 0) is 30.3 Å². The lowest BCUT2D eigenvalue weighted by molar-refractivity contribution is 0.0686. The van der Waals surface area contributed by atoms with Crippen LogP contribution in [0.15, 0.2) is 36.5 Å². The van der Waals surface area contributed by atoms with Gasteiger partial charge in [0, 0.05) is 11.8 Å². The fraction of sp³-hybridized carbons (Fsp3) is 0. The average molecular weight is 261 g/mol. The van der Waals surface area contributed by atoms with E-state index < -0.39 is 17.8 Å². The molecule has 0 saturated heterocycles. The number of carboxylic acid groups (broad SMARTS) is 2. The van der Waals surface area contributed by atoms with Crippen molar-refractivity contribution in [1.29, 1.82) is 0 Å². The first kappa shape index (κ1) is 12.7. The van der Waals surface area contributed by atoms with E-state index >= 15 is 0 Å². The summed E-state index contributed by atoms with van der Waals surface area (Å²) < 4.78 is 13.7. The molecule has 2 aromatic rings. The van der Waals surface area contributed by atoms with Gasteiger partial charge in [-0.15, -0.1) is 0 Å². The molecule has 0 aliphatic rings. The molecule has 0 aliphatic heterocycles. The number of pyridine rings is 1. The quantitative estimate of drug-likeness (QED) is 0.884. The van der Waals surface area contributed by atoms with Crippen LogP contribution in [0.4, 0.5) is 4.39 Å². The zero-order chi connectivity index (χ0) is 14.0. The van der Waals surface area contributed by atoms with Crippen LogP contribution in [0.1, 0.15) is 20.7 Å². The molecule has 0 aliphatic carbocycles. The second-order valence-electron chi connectivity index (χ2n) is 3.73. The summed E-state index contributed by atoms with van der Waals surface area (Å²) in [6.45, 7) is 0.